The van der Waals surface area contributed by atoms with Gasteiger partial charge >= 0.3 is 5.97 Å². The third-order valence-corrected chi connectivity index (χ3v) is 4.08. The lowest BCUT2D eigenvalue weighted by Crippen LogP contribution is -2.36. The van der Waals surface area contributed by atoms with Crippen LogP contribution in [0.2, 0.25) is 0 Å². The minimum atomic E-state index is -0.802. The predicted octanol–water partition coefficient (Wildman–Crippen LogP) is 4.10. The molecule has 0 radical (unpaired) electrons. The molecule has 0 spiro atoms. The average Bonchev–Trinajstić information content (AvgIpc) is 2.62. The summed E-state index contributed by atoms with van der Waals surface area (Å²) in [4.78, 5) is 11.3. The summed E-state index contributed by atoms with van der Waals surface area (Å²) in [6.45, 7) is 2.53. The number of carbonyl (C=O) groups is 1. The summed E-state index contributed by atoms with van der Waals surface area (Å²) in [5, 5.41) is 12.4. The highest BCUT2D eigenvalue weighted by Crippen LogP contribution is 2.27. The Labute approximate surface area is 143 Å². The van der Waals surface area contributed by atoms with E-state index in [1.165, 1.54) is 0 Å². The molecule has 0 aromatic heterocycles. The Morgan fingerprint density at radius 1 is 1.17 bits per heavy atom. The van der Waals surface area contributed by atoms with E-state index in [4.69, 9.17) is 4.74 Å². The summed E-state index contributed by atoms with van der Waals surface area (Å²) in [5.41, 5.74) is 3.17. The third kappa shape index (κ3) is 4.83. The van der Waals surface area contributed by atoms with Gasteiger partial charge < -0.3 is 15.2 Å². The Balaban J connectivity index is 2.11. The monoisotopic (exact) mass is 327 g/mol. The van der Waals surface area contributed by atoms with E-state index in [9.17, 15) is 9.90 Å². The summed E-state index contributed by atoms with van der Waals surface area (Å²) < 4.78 is 5.49. The highest BCUT2D eigenvalue weighted by atomic mass is 16.5. The van der Waals surface area contributed by atoms with E-state index in [1.807, 2.05) is 36.4 Å². The van der Waals surface area contributed by atoms with Gasteiger partial charge in [0.15, 0.2) is 0 Å². The van der Waals surface area contributed by atoms with Crippen LogP contribution in [-0.4, -0.2) is 24.2 Å². The lowest BCUT2D eigenvalue weighted by atomic mass is 10.0. The van der Waals surface area contributed by atoms with Crippen LogP contribution in [0.25, 0.3) is 11.1 Å². The largest absolute Gasteiger partial charge is 0.496 e. The molecule has 0 heterocycles. The van der Waals surface area contributed by atoms with Gasteiger partial charge in [0.2, 0.25) is 0 Å². The summed E-state index contributed by atoms with van der Waals surface area (Å²) in [6, 6.07) is 15.6. The summed E-state index contributed by atoms with van der Waals surface area (Å²) in [6.07, 6.45) is 2.52. The van der Waals surface area contributed by atoms with E-state index in [2.05, 4.69) is 24.4 Å². The van der Waals surface area contributed by atoms with Crippen LogP contribution in [0.5, 0.6) is 5.75 Å². The Morgan fingerprint density at radius 2 is 1.92 bits per heavy atom. The topological polar surface area (TPSA) is 58.6 Å². The number of carboxylic acid groups (broad SMARTS) is 1. The van der Waals surface area contributed by atoms with Crippen molar-refractivity contribution in [2.24, 2.45) is 0 Å². The van der Waals surface area contributed by atoms with Gasteiger partial charge in [-0.3, -0.25) is 4.79 Å². The van der Waals surface area contributed by atoms with Crippen LogP contribution in [-0.2, 0) is 11.3 Å². The molecular weight excluding hydrogens is 302 g/mol. The molecule has 2 aromatic rings. The molecular formula is C20H25NO3. The molecule has 4 nitrogen and oxygen atoms in total. The van der Waals surface area contributed by atoms with Gasteiger partial charge in [0, 0.05) is 12.1 Å². The van der Waals surface area contributed by atoms with Crippen molar-refractivity contribution < 1.29 is 14.6 Å². The second-order valence-corrected chi connectivity index (χ2v) is 5.81. The molecule has 0 saturated carbocycles. The Kier molecular flexibility index (Phi) is 6.82. The van der Waals surface area contributed by atoms with Gasteiger partial charge in [-0.1, -0.05) is 62.2 Å². The number of hydrogen-bond donors (Lipinski definition) is 2. The molecule has 2 rings (SSSR count). The van der Waals surface area contributed by atoms with Crippen LogP contribution in [0, 0.1) is 0 Å². The molecule has 24 heavy (non-hydrogen) atoms. The number of aliphatic carboxylic acids is 1. The first-order valence-electron chi connectivity index (χ1n) is 8.34. The van der Waals surface area contributed by atoms with Crippen LogP contribution in [0.3, 0.4) is 0 Å². The lowest BCUT2D eigenvalue weighted by molar-refractivity contribution is -0.139. The first-order chi connectivity index (χ1) is 11.7. The number of unbranched alkanes of at least 4 members (excludes halogenated alkanes) is 1. The molecule has 1 atom stereocenters. The standard InChI is InChI=1S/C20H25NO3/c1-3-4-10-18(20(22)23)21-14-17-12-11-16(13-19(17)24-2)15-8-6-5-7-9-15/h5-9,11-13,18,21H,3-4,10,14H2,1-2H3,(H,22,23)/t18-/m0/s1. The SMILES string of the molecule is CCCC[C@H](NCc1ccc(-c2ccccc2)cc1OC)C(=O)O. The number of ether oxygens (including phenoxy) is 1. The Bertz CT molecular complexity index is 655. The number of hydrogen-bond acceptors (Lipinski definition) is 3. The van der Waals surface area contributed by atoms with Gasteiger partial charge in [0.25, 0.3) is 0 Å². The lowest BCUT2D eigenvalue weighted by Gasteiger charge is -2.16. The van der Waals surface area contributed by atoms with Gasteiger partial charge in [-0.25, -0.2) is 0 Å². The molecule has 0 aliphatic rings. The third-order valence-electron chi connectivity index (χ3n) is 4.08. The minimum Gasteiger partial charge on any atom is -0.496 e. The van der Waals surface area contributed by atoms with E-state index < -0.39 is 12.0 Å². The molecule has 0 saturated heterocycles. The minimum absolute atomic E-state index is 0.471. The fourth-order valence-electron chi connectivity index (χ4n) is 2.66. The number of methoxy groups -OCH3 is 1. The quantitative estimate of drug-likeness (QED) is 0.728. The number of benzene rings is 2. The zero-order chi connectivity index (χ0) is 17.4. The summed E-state index contributed by atoms with van der Waals surface area (Å²) in [5.74, 6) is -0.0354. The van der Waals surface area contributed by atoms with E-state index in [1.54, 1.807) is 7.11 Å². The molecule has 0 fully saturated rings. The second-order valence-electron chi connectivity index (χ2n) is 5.81. The number of nitrogens with one attached hydrogen (secondary N) is 1. The fourth-order valence-corrected chi connectivity index (χ4v) is 2.66. The van der Waals surface area contributed by atoms with Gasteiger partial charge in [-0.2, -0.15) is 0 Å². The average molecular weight is 327 g/mol. The number of carboxylic acids is 1. The van der Waals surface area contributed by atoms with Crippen LogP contribution >= 0.6 is 0 Å². The number of rotatable bonds is 9. The molecule has 4 heteroatoms. The Hall–Kier alpha value is -2.33. The van der Waals surface area contributed by atoms with Crippen LogP contribution in [0.15, 0.2) is 48.5 Å². The van der Waals surface area contributed by atoms with Crippen molar-refractivity contribution >= 4 is 5.97 Å². The molecule has 0 amide bonds. The van der Waals surface area contributed by atoms with Crippen LogP contribution in [0.4, 0.5) is 0 Å². The Morgan fingerprint density at radius 3 is 2.54 bits per heavy atom. The van der Waals surface area contributed by atoms with E-state index >= 15 is 0 Å². The summed E-state index contributed by atoms with van der Waals surface area (Å²) in [7, 11) is 1.64. The molecule has 2 aromatic carbocycles. The van der Waals surface area contributed by atoms with Gasteiger partial charge in [-0.05, 0) is 23.6 Å². The van der Waals surface area contributed by atoms with E-state index in [0.717, 1.165) is 35.3 Å². The van der Waals surface area contributed by atoms with Crippen molar-refractivity contribution in [3.63, 3.8) is 0 Å². The van der Waals surface area contributed by atoms with Crippen molar-refractivity contribution in [3.8, 4) is 16.9 Å². The fraction of sp³-hybridized carbons (Fsp3) is 0.350. The van der Waals surface area contributed by atoms with E-state index in [0.29, 0.717) is 13.0 Å². The highest BCUT2D eigenvalue weighted by Gasteiger charge is 2.16. The van der Waals surface area contributed by atoms with Gasteiger partial charge in [-0.15, -0.1) is 0 Å². The summed E-state index contributed by atoms with van der Waals surface area (Å²) >= 11 is 0. The van der Waals surface area contributed by atoms with Crippen molar-refractivity contribution in [3.05, 3.63) is 54.1 Å². The zero-order valence-electron chi connectivity index (χ0n) is 14.3. The molecule has 0 aliphatic heterocycles. The van der Waals surface area contributed by atoms with Crippen molar-refractivity contribution in [1.29, 1.82) is 0 Å². The van der Waals surface area contributed by atoms with Crippen LogP contribution < -0.4 is 10.1 Å². The second kappa shape index (κ2) is 9.08. The van der Waals surface area contributed by atoms with Crippen LogP contribution in [0.1, 0.15) is 31.7 Å². The van der Waals surface area contributed by atoms with Gasteiger partial charge in [0.1, 0.15) is 11.8 Å². The highest BCUT2D eigenvalue weighted by molar-refractivity contribution is 5.73. The molecule has 0 bridgehead atoms. The first kappa shape index (κ1) is 18.0. The maximum absolute atomic E-state index is 11.3. The maximum Gasteiger partial charge on any atom is 0.320 e. The smallest absolute Gasteiger partial charge is 0.320 e. The first-order valence-corrected chi connectivity index (χ1v) is 8.34. The molecule has 0 unspecified atom stereocenters. The van der Waals surface area contributed by atoms with E-state index in [-0.39, 0.29) is 0 Å². The van der Waals surface area contributed by atoms with Crippen molar-refractivity contribution in [2.75, 3.05) is 7.11 Å². The van der Waals surface area contributed by atoms with Gasteiger partial charge in [0.05, 0.1) is 7.11 Å². The normalized spacial score (nSPS) is 11.9. The molecule has 2 N–H and O–H groups in total. The molecule has 0 aliphatic carbocycles. The zero-order valence-corrected chi connectivity index (χ0v) is 14.3. The van der Waals surface area contributed by atoms with Crippen molar-refractivity contribution in [2.45, 2.75) is 38.8 Å². The molecule has 128 valence electrons. The predicted molar refractivity (Wildman–Crippen MR) is 96.2 cm³/mol. The maximum atomic E-state index is 11.3. The van der Waals surface area contributed by atoms with Crippen molar-refractivity contribution in [1.82, 2.24) is 5.32 Å².